The molecule has 2 aliphatic rings. The zero-order valence-electron chi connectivity index (χ0n) is 11.8. The van der Waals surface area contributed by atoms with Crippen LogP contribution in [0, 0.1) is 6.92 Å². The summed E-state index contributed by atoms with van der Waals surface area (Å²) < 4.78 is 0. The van der Waals surface area contributed by atoms with Crippen LogP contribution in [0.5, 0.6) is 0 Å². The highest BCUT2D eigenvalue weighted by atomic mass is 16.2. The minimum atomic E-state index is -0.281. The van der Waals surface area contributed by atoms with Gasteiger partial charge in [-0.3, -0.25) is 9.59 Å². The van der Waals surface area contributed by atoms with Gasteiger partial charge in [0.15, 0.2) is 0 Å². The molecule has 106 valence electrons. The Morgan fingerprint density at radius 2 is 1.70 bits per heavy atom. The first-order valence-electron chi connectivity index (χ1n) is 7.22. The van der Waals surface area contributed by atoms with E-state index in [1.54, 1.807) is 4.90 Å². The molecule has 3 rings (SSSR count). The van der Waals surface area contributed by atoms with Crippen molar-refractivity contribution in [3.05, 3.63) is 35.4 Å². The van der Waals surface area contributed by atoms with Crippen molar-refractivity contribution >= 4 is 12.3 Å². The summed E-state index contributed by atoms with van der Waals surface area (Å²) >= 11 is 0. The molecule has 20 heavy (non-hydrogen) atoms. The van der Waals surface area contributed by atoms with Gasteiger partial charge in [-0.2, -0.15) is 0 Å². The molecule has 0 aromatic heterocycles. The van der Waals surface area contributed by atoms with Gasteiger partial charge in [0.1, 0.15) is 0 Å². The van der Waals surface area contributed by atoms with Gasteiger partial charge in [0.25, 0.3) is 0 Å². The molecule has 0 unspecified atom stereocenters. The molecule has 0 bridgehead atoms. The predicted octanol–water partition coefficient (Wildman–Crippen LogP) is 1.33. The van der Waals surface area contributed by atoms with Gasteiger partial charge >= 0.3 is 0 Å². The summed E-state index contributed by atoms with van der Waals surface area (Å²) in [6.45, 7) is 4.68. The Hall–Kier alpha value is -1.84. The van der Waals surface area contributed by atoms with Gasteiger partial charge in [-0.25, -0.2) is 0 Å². The largest absolute Gasteiger partial charge is 0.342 e. The normalized spacial score (nSPS) is 20.6. The third-order valence-electron chi connectivity index (χ3n) is 4.51. The highest BCUT2D eigenvalue weighted by Crippen LogP contribution is 2.49. The summed E-state index contributed by atoms with van der Waals surface area (Å²) in [5, 5.41) is 0. The van der Waals surface area contributed by atoms with E-state index >= 15 is 0 Å². The van der Waals surface area contributed by atoms with E-state index in [4.69, 9.17) is 0 Å². The number of amides is 2. The zero-order chi connectivity index (χ0) is 14.2. The molecule has 4 nitrogen and oxygen atoms in total. The summed E-state index contributed by atoms with van der Waals surface area (Å²) in [6, 6.07) is 8.32. The SMILES string of the molecule is Cc1ccc(C2(C(=O)N3CCN(C=O)CC3)CC2)cc1. The lowest BCUT2D eigenvalue weighted by atomic mass is 9.93. The fourth-order valence-corrected chi connectivity index (χ4v) is 2.96. The average molecular weight is 272 g/mol. The number of aryl methyl sites for hydroxylation is 1. The Bertz CT molecular complexity index is 512. The lowest BCUT2D eigenvalue weighted by Gasteiger charge is -2.35. The van der Waals surface area contributed by atoms with Crippen molar-refractivity contribution in [1.82, 2.24) is 9.80 Å². The third-order valence-corrected chi connectivity index (χ3v) is 4.51. The van der Waals surface area contributed by atoms with Crippen molar-refractivity contribution in [3.63, 3.8) is 0 Å². The smallest absolute Gasteiger partial charge is 0.233 e. The van der Waals surface area contributed by atoms with Crippen molar-refractivity contribution in [2.24, 2.45) is 0 Å². The molecular weight excluding hydrogens is 252 g/mol. The van der Waals surface area contributed by atoms with Gasteiger partial charge in [0.2, 0.25) is 12.3 Å². The van der Waals surface area contributed by atoms with Crippen molar-refractivity contribution in [3.8, 4) is 0 Å². The van der Waals surface area contributed by atoms with Crippen LogP contribution in [-0.2, 0) is 15.0 Å². The van der Waals surface area contributed by atoms with E-state index in [0.29, 0.717) is 26.2 Å². The second-order valence-corrected chi connectivity index (χ2v) is 5.88. The molecule has 1 saturated heterocycles. The van der Waals surface area contributed by atoms with E-state index < -0.39 is 0 Å². The molecule has 1 saturated carbocycles. The molecule has 0 spiro atoms. The highest BCUT2D eigenvalue weighted by Gasteiger charge is 2.53. The minimum absolute atomic E-state index is 0.243. The number of rotatable bonds is 3. The van der Waals surface area contributed by atoms with Gasteiger partial charge < -0.3 is 9.80 Å². The van der Waals surface area contributed by atoms with E-state index in [-0.39, 0.29) is 11.3 Å². The van der Waals surface area contributed by atoms with Crippen LogP contribution >= 0.6 is 0 Å². The van der Waals surface area contributed by atoms with Crippen molar-refractivity contribution in [2.75, 3.05) is 26.2 Å². The monoisotopic (exact) mass is 272 g/mol. The van der Waals surface area contributed by atoms with E-state index in [1.165, 1.54) is 5.56 Å². The Labute approximate surface area is 119 Å². The molecule has 1 heterocycles. The Morgan fingerprint density at radius 1 is 1.10 bits per heavy atom. The lowest BCUT2D eigenvalue weighted by molar-refractivity contribution is -0.137. The maximum absolute atomic E-state index is 12.8. The first-order chi connectivity index (χ1) is 9.65. The van der Waals surface area contributed by atoms with Crippen LogP contribution in [0.2, 0.25) is 0 Å². The number of nitrogens with zero attached hydrogens (tertiary/aromatic N) is 2. The fourth-order valence-electron chi connectivity index (χ4n) is 2.96. The summed E-state index contributed by atoms with van der Waals surface area (Å²) in [5.41, 5.74) is 2.08. The van der Waals surface area contributed by atoms with E-state index in [2.05, 4.69) is 31.2 Å². The maximum atomic E-state index is 12.8. The van der Waals surface area contributed by atoms with Gasteiger partial charge in [0, 0.05) is 26.2 Å². The van der Waals surface area contributed by atoms with Gasteiger partial charge in [-0.05, 0) is 25.3 Å². The minimum Gasteiger partial charge on any atom is -0.342 e. The highest BCUT2D eigenvalue weighted by molar-refractivity contribution is 5.91. The molecule has 2 fully saturated rings. The number of piperazine rings is 1. The van der Waals surface area contributed by atoms with Crippen LogP contribution in [0.25, 0.3) is 0 Å². The maximum Gasteiger partial charge on any atom is 0.233 e. The molecule has 0 radical (unpaired) electrons. The number of benzene rings is 1. The van der Waals surface area contributed by atoms with Crippen LogP contribution in [0.3, 0.4) is 0 Å². The van der Waals surface area contributed by atoms with Gasteiger partial charge in [0.05, 0.1) is 5.41 Å². The molecule has 1 aromatic rings. The Morgan fingerprint density at radius 3 is 2.20 bits per heavy atom. The summed E-state index contributed by atoms with van der Waals surface area (Å²) in [6.07, 6.45) is 2.76. The quantitative estimate of drug-likeness (QED) is 0.779. The number of hydrogen-bond acceptors (Lipinski definition) is 2. The molecule has 4 heteroatoms. The van der Waals surface area contributed by atoms with Crippen LogP contribution in [0.4, 0.5) is 0 Å². The van der Waals surface area contributed by atoms with Crippen molar-refractivity contribution in [1.29, 1.82) is 0 Å². The summed E-state index contributed by atoms with van der Waals surface area (Å²) in [5.74, 6) is 0.243. The first-order valence-corrected chi connectivity index (χ1v) is 7.22. The van der Waals surface area contributed by atoms with Crippen LogP contribution in [0.15, 0.2) is 24.3 Å². The molecule has 0 N–H and O–H groups in total. The van der Waals surface area contributed by atoms with E-state index in [9.17, 15) is 9.59 Å². The topological polar surface area (TPSA) is 40.6 Å². The second-order valence-electron chi connectivity index (χ2n) is 5.88. The molecule has 1 aliphatic heterocycles. The lowest BCUT2D eigenvalue weighted by Crippen LogP contribution is -2.51. The summed E-state index contributed by atoms with van der Waals surface area (Å²) in [4.78, 5) is 27.2. The van der Waals surface area contributed by atoms with Crippen molar-refractivity contribution in [2.45, 2.75) is 25.2 Å². The molecule has 1 aromatic carbocycles. The summed E-state index contributed by atoms with van der Waals surface area (Å²) in [7, 11) is 0. The fraction of sp³-hybridized carbons (Fsp3) is 0.500. The van der Waals surface area contributed by atoms with Gasteiger partial charge in [-0.15, -0.1) is 0 Å². The average Bonchev–Trinajstić information content (AvgIpc) is 3.29. The molecular formula is C16H20N2O2. The molecule has 0 atom stereocenters. The number of carbonyl (C=O) groups is 2. The van der Waals surface area contributed by atoms with Crippen LogP contribution in [-0.4, -0.2) is 48.3 Å². The first kappa shape index (κ1) is 13.2. The van der Waals surface area contributed by atoms with Crippen LogP contribution < -0.4 is 0 Å². The van der Waals surface area contributed by atoms with Crippen LogP contribution in [0.1, 0.15) is 24.0 Å². The predicted molar refractivity (Wildman–Crippen MR) is 76.3 cm³/mol. The standard InChI is InChI=1S/C16H20N2O2/c1-13-2-4-14(5-3-13)16(6-7-16)15(20)18-10-8-17(12-19)9-11-18/h2-5,12H,6-11H2,1H3. The van der Waals surface area contributed by atoms with Crippen molar-refractivity contribution < 1.29 is 9.59 Å². The zero-order valence-corrected chi connectivity index (χ0v) is 11.8. The molecule has 1 aliphatic carbocycles. The third kappa shape index (κ3) is 2.19. The molecule has 2 amide bonds. The Balaban J connectivity index is 1.74. The van der Waals surface area contributed by atoms with Gasteiger partial charge in [-0.1, -0.05) is 29.8 Å². The Kier molecular flexibility index (Phi) is 3.24. The van der Waals surface area contributed by atoms with E-state index in [1.807, 2.05) is 4.90 Å². The number of hydrogen-bond donors (Lipinski definition) is 0. The van der Waals surface area contributed by atoms with E-state index in [0.717, 1.165) is 24.8 Å². The second kappa shape index (κ2) is 4.93. The number of carbonyl (C=O) groups excluding carboxylic acids is 2.